The third-order valence-corrected chi connectivity index (χ3v) is 3.27. The van der Waals surface area contributed by atoms with Gasteiger partial charge in [0.1, 0.15) is 5.60 Å². The summed E-state index contributed by atoms with van der Waals surface area (Å²) in [7, 11) is 1.65. The van der Waals surface area contributed by atoms with Crippen molar-refractivity contribution in [1.82, 2.24) is 0 Å². The highest BCUT2D eigenvalue weighted by Gasteiger charge is 2.34. The van der Waals surface area contributed by atoms with Crippen molar-refractivity contribution in [1.29, 1.82) is 0 Å². The van der Waals surface area contributed by atoms with Gasteiger partial charge in [-0.15, -0.1) is 0 Å². The molecule has 0 heterocycles. The number of methoxy groups -OCH3 is 1. The molecule has 0 atom stereocenters. The van der Waals surface area contributed by atoms with E-state index in [0.717, 1.165) is 37.9 Å². The molecule has 0 N–H and O–H groups in total. The van der Waals surface area contributed by atoms with Crippen LogP contribution in [0.2, 0.25) is 0 Å². The lowest BCUT2D eigenvalue weighted by Gasteiger charge is -2.34. The monoisotopic (exact) mass is 184 g/mol. The van der Waals surface area contributed by atoms with Crippen molar-refractivity contribution >= 4 is 6.29 Å². The highest BCUT2D eigenvalue weighted by Crippen LogP contribution is 2.35. The summed E-state index contributed by atoms with van der Waals surface area (Å²) in [6, 6.07) is 0. The Morgan fingerprint density at radius 1 is 1.46 bits per heavy atom. The molecule has 2 heteroatoms. The van der Waals surface area contributed by atoms with Crippen molar-refractivity contribution in [2.24, 2.45) is 5.92 Å². The molecule has 0 amide bonds. The molecule has 1 rings (SSSR count). The molecule has 0 saturated heterocycles. The predicted octanol–water partition coefficient (Wildman–Crippen LogP) is 2.56. The first kappa shape index (κ1) is 10.7. The van der Waals surface area contributed by atoms with Crippen molar-refractivity contribution in [3.05, 3.63) is 0 Å². The van der Waals surface area contributed by atoms with E-state index >= 15 is 0 Å². The van der Waals surface area contributed by atoms with Gasteiger partial charge in [0, 0.05) is 7.11 Å². The number of hydrogen-bond acceptors (Lipinski definition) is 2. The zero-order valence-corrected chi connectivity index (χ0v) is 8.71. The number of aldehydes is 1. The Kier molecular flexibility index (Phi) is 3.91. The first-order valence-electron chi connectivity index (χ1n) is 5.28. The van der Waals surface area contributed by atoms with Crippen molar-refractivity contribution < 1.29 is 9.53 Å². The second-order valence-corrected chi connectivity index (χ2v) is 4.12. The molecule has 1 fully saturated rings. The zero-order chi connectivity index (χ0) is 9.73. The first-order valence-corrected chi connectivity index (χ1v) is 5.28. The summed E-state index contributed by atoms with van der Waals surface area (Å²) in [4.78, 5) is 10.9. The Balaban J connectivity index is 2.40. The van der Waals surface area contributed by atoms with E-state index in [-0.39, 0.29) is 0 Å². The Labute approximate surface area is 80.7 Å². The largest absolute Gasteiger partial charge is 0.371 e. The van der Waals surface area contributed by atoms with Crippen LogP contribution in [0.3, 0.4) is 0 Å². The number of hydrogen-bond donors (Lipinski definition) is 0. The molecular formula is C11H20O2. The Morgan fingerprint density at radius 2 is 2.08 bits per heavy atom. The molecule has 1 aliphatic rings. The fourth-order valence-corrected chi connectivity index (χ4v) is 2.23. The van der Waals surface area contributed by atoms with Gasteiger partial charge in [-0.2, -0.15) is 0 Å². The topological polar surface area (TPSA) is 26.3 Å². The van der Waals surface area contributed by atoms with Crippen molar-refractivity contribution in [3.8, 4) is 0 Å². The quantitative estimate of drug-likeness (QED) is 0.628. The van der Waals surface area contributed by atoms with E-state index in [2.05, 4.69) is 6.92 Å². The van der Waals surface area contributed by atoms with Crippen molar-refractivity contribution in [2.45, 2.75) is 51.0 Å². The minimum Gasteiger partial charge on any atom is -0.371 e. The molecule has 76 valence electrons. The van der Waals surface area contributed by atoms with Gasteiger partial charge in [0.15, 0.2) is 6.29 Å². The van der Waals surface area contributed by atoms with Crippen LogP contribution in [0.1, 0.15) is 45.4 Å². The molecular weight excluding hydrogens is 164 g/mol. The fourth-order valence-electron chi connectivity index (χ4n) is 2.23. The van der Waals surface area contributed by atoms with Crippen LogP contribution in [-0.2, 0) is 9.53 Å². The molecule has 0 unspecified atom stereocenters. The van der Waals surface area contributed by atoms with Crippen LogP contribution in [0.5, 0.6) is 0 Å². The third kappa shape index (κ3) is 2.53. The van der Waals surface area contributed by atoms with Gasteiger partial charge in [0.2, 0.25) is 0 Å². The molecule has 0 aromatic carbocycles. The van der Waals surface area contributed by atoms with Gasteiger partial charge in [-0.25, -0.2) is 0 Å². The maximum atomic E-state index is 10.9. The van der Waals surface area contributed by atoms with Crippen molar-refractivity contribution in [3.63, 3.8) is 0 Å². The van der Waals surface area contributed by atoms with E-state index in [0.29, 0.717) is 0 Å². The highest BCUT2D eigenvalue weighted by atomic mass is 16.5. The number of carbonyl (C=O) groups excluding carboxylic acids is 1. The van der Waals surface area contributed by atoms with Crippen LogP contribution in [-0.4, -0.2) is 19.0 Å². The lowest BCUT2D eigenvalue weighted by Crippen LogP contribution is -2.37. The summed E-state index contributed by atoms with van der Waals surface area (Å²) in [6.45, 7) is 2.22. The van der Waals surface area contributed by atoms with Crippen LogP contribution in [0.15, 0.2) is 0 Å². The smallest absolute Gasteiger partial charge is 0.151 e. The normalized spacial score (nSPS) is 34.5. The second kappa shape index (κ2) is 4.75. The van der Waals surface area contributed by atoms with Crippen LogP contribution >= 0.6 is 0 Å². The van der Waals surface area contributed by atoms with Gasteiger partial charge in [0.25, 0.3) is 0 Å². The highest BCUT2D eigenvalue weighted by molar-refractivity contribution is 5.62. The molecule has 1 aliphatic carbocycles. The average Bonchev–Trinajstić information content (AvgIpc) is 2.20. The van der Waals surface area contributed by atoms with Crippen LogP contribution in [0.25, 0.3) is 0 Å². The molecule has 0 spiro atoms. The number of ether oxygens (including phenoxy) is 1. The maximum Gasteiger partial charge on any atom is 0.151 e. The van der Waals surface area contributed by atoms with Crippen LogP contribution in [0.4, 0.5) is 0 Å². The van der Waals surface area contributed by atoms with E-state index in [9.17, 15) is 4.79 Å². The van der Waals surface area contributed by atoms with Crippen molar-refractivity contribution in [2.75, 3.05) is 7.11 Å². The summed E-state index contributed by atoms with van der Waals surface area (Å²) in [5.41, 5.74) is -0.440. The predicted molar refractivity (Wildman–Crippen MR) is 52.7 cm³/mol. The molecule has 0 aromatic heterocycles. The Bertz CT molecular complexity index is 157. The molecule has 2 nitrogen and oxygen atoms in total. The summed E-state index contributed by atoms with van der Waals surface area (Å²) in [6.07, 6.45) is 7.69. The Hall–Kier alpha value is -0.370. The first-order chi connectivity index (χ1) is 6.26. The molecule has 0 aliphatic heterocycles. The molecule has 0 aromatic rings. The van der Waals surface area contributed by atoms with E-state index in [4.69, 9.17) is 4.74 Å². The summed E-state index contributed by atoms with van der Waals surface area (Å²) in [5, 5.41) is 0. The summed E-state index contributed by atoms with van der Waals surface area (Å²) in [5.74, 6) is 0.827. The molecule has 13 heavy (non-hydrogen) atoms. The van der Waals surface area contributed by atoms with Gasteiger partial charge < -0.3 is 9.53 Å². The van der Waals surface area contributed by atoms with Crippen LogP contribution < -0.4 is 0 Å². The lowest BCUT2D eigenvalue weighted by molar-refractivity contribution is -0.132. The van der Waals surface area contributed by atoms with Gasteiger partial charge in [-0.1, -0.05) is 19.8 Å². The number of rotatable bonds is 4. The molecule has 0 radical (unpaired) electrons. The van der Waals surface area contributed by atoms with E-state index in [1.54, 1.807) is 7.11 Å². The maximum absolute atomic E-state index is 10.9. The summed E-state index contributed by atoms with van der Waals surface area (Å²) >= 11 is 0. The van der Waals surface area contributed by atoms with E-state index in [1.165, 1.54) is 12.8 Å². The standard InChI is InChI=1S/C11H20O2/c1-3-4-10-5-7-11(9-12,13-2)8-6-10/h9-10H,3-8H2,1-2H3. The SMILES string of the molecule is CCCC1CCC(C=O)(OC)CC1. The van der Waals surface area contributed by atoms with Crippen LogP contribution in [0, 0.1) is 5.92 Å². The van der Waals surface area contributed by atoms with Gasteiger partial charge in [0.05, 0.1) is 0 Å². The second-order valence-electron chi connectivity index (χ2n) is 4.12. The molecule has 0 bridgehead atoms. The molecule has 1 saturated carbocycles. The third-order valence-electron chi connectivity index (χ3n) is 3.27. The van der Waals surface area contributed by atoms with Gasteiger partial charge >= 0.3 is 0 Å². The van der Waals surface area contributed by atoms with E-state index < -0.39 is 5.60 Å². The number of carbonyl (C=O) groups is 1. The van der Waals surface area contributed by atoms with Gasteiger partial charge in [-0.3, -0.25) is 0 Å². The van der Waals surface area contributed by atoms with Gasteiger partial charge in [-0.05, 0) is 31.6 Å². The average molecular weight is 184 g/mol. The fraction of sp³-hybridized carbons (Fsp3) is 0.909. The minimum absolute atomic E-state index is 0.440. The minimum atomic E-state index is -0.440. The zero-order valence-electron chi connectivity index (χ0n) is 8.71. The lowest BCUT2D eigenvalue weighted by atomic mass is 9.78. The van der Waals surface area contributed by atoms with E-state index in [1.807, 2.05) is 0 Å². The Morgan fingerprint density at radius 3 is 2.46 bits per heavy atom. The summed E-state index contributed by atoms with van der Waals surface area (Å²) < 4.78 is 5.29.